The molecule has 0 radical (unpaired) electrons. The Morgan fingerprint density at radius 2 is 1.74 bits per heavy atom. The minimum absolute atomic E-state index is 0.492. The Kier molecular flexibility index (Phi) is 4.06. The third kappa shape index (κ3) is 3.28. The first-order valence-electron chi connectivity index (χ1n) is 9.20. The molecule has 1 saturated carbocycles. The lowest BCUT2D eigenvalue weighted by molar-refractivity contribution is 0.925. The first-order chi connectivity index (χ1) is 13.3. The molecule has 27 heavy (non-hydrogen) atoms. The molecule has 2 aromatic heterocycles. The molecule has 5 heteroatoms. The molecule has 1 fully saturated rings. The lowest BCUT2D eigenvalue weighted by Gasteiger charge is -2.10. The number of anilines is 1. The number of aromatic nitrogens is 3. The van der Waals surface area contributed by atoms with Crippen LogP contribution in [0.25, 0.3) is 16.8 Å². The number of fused-ring (bicyclic) bond motifs is 1. The zero-order valence-electron chi connectivity index (χ0n) is 14.8. The van der Waals surface area contributed by atoms with Crippen LogP contribution < -0.4 is 5.32 Å². The van der Waals surface area contributed by atoms with Gasteiger partial charge in [-0.3, -0.25) is 0 Å². The molecule has 0 saturated heterocycles. The van der Waals surface area contributed by atoms with E-state index in [0.717, 1.165) is 11.5 Å². The van der Waals surface area contributed by atoms with E-state index < -0.39 is 0 Å². The van der Waals surface area contributed by atoms with Crippen LogP contribution in [0.4, 0.5) is 5.82 Å². The summed E-state index contributed by atoms with van der Waals surface area (Å²) in [5.41, 5.74) is 5.71. The minimum Gasteiger partial charge on any atom is -0.366 e. The van der Waals surface area contributed by atoms with Crippen LogP contribution in [0.3, 0.4) is 0 Å². The molecule has 4 nitrogen and oxygen atoms in total. The second-order valence-electron chi connectivity index (χ2n) is 6.99. The van der Waals surface area contributed by atoms with Crippen LogP contribution >= 0.6 is 11.6 Å². The molecule has 2 aromatic carbocycles. The summed E-state index contributed by atoms with van der Waals surface area (Å²) in [6.45, 7) is 0.698. The van der Waals surface area contributed by atoms with Crippen molar-refractivity contribution in [1.82, 2.24) is 14.6 Å². The summed E-state index contributed by atoms with van der Waals surface area (Å²) in [5, 5.41) is 8.47. The number of rotatable bonds is 5. The number of hydrogen-bond donors (Lipinski definition) is 1. The zero-order chi connectivity index (χ0) is 18.2. The molecular formula is C22H19ClN4. The van der Waals surface area contributed by atoms with Crippen molar-refractivity contribution in [3.05, 3.63) is 83.1 Å². The lowest BCUT2D eigenvalue weighted by Crippen LogP contribution is -2.06. The Bertz CT molecular complexity index is 1080. The highest BCUT2D eigenvalue weighted by atomic mass is 35.5. The molecule has 0 spiro atoms. The average Bonchev–Trinajstić information content (AvgIpc) is 3.46. The monoisotopic (exact) mass is 374 g/mol. The van der Waals surface area contributed by atoms with Crippen LogP contribution in [0.15, 0.2) is 66.9 Å². The van der Waals surface area contributed by atoms with E-state index in [2.05, 4.69) is 63.9 Å². The van der Waals surface area contributed by atoms with E-state index in [0.29, 0.717) is 17.6 Å². The van der Waals surface area contributed by atoms with Gasteiger partial charge in [0, 0.05) is 18.2 Å². The number of halogens is 1. The van der Waals surface area contributed by atoms with Gasteiger partial charge in [0.15, 0.2) is 5.65 Å². The highest BCUT2D eigenvalue weighted by Gasteiger charge is 2.28. The zero-order valence-corrected chi connectivity index (χ0v) is 15.5. The maximum Gasteiger partial charge on any atom is 0.162 e. The molecule has 0 aliphatic heterocycles. The normalized spacial score (nSPS) is 13.8. The average molecular weight is 375 g/mol. The van der Waals surface area contributed by atoms with Crippen molar-refractivity contribution in [1.29, 1.82) is 0 Å². The maximum absolute atomic E-state index is 6.26. The van der Waals surface area contributed by atoms with Crippen molar-refractivity contribution >= 4 is 23.1 Å². The van der Waals surface area contributed by atoms with Gasteiger partial charge in [-0.1, -0.05) is 66.2 Å². The van der Waals surface area contributed by atoms with Crippen molar-refractivity contribution < 1.29 is 0 Å². The maximum atomic E-state index is 6.26. The van der Waals surface area contributed by atoms with Crippen LogP contribution in [0.1, 0.15) is 29.9 Å². The summed E-state index contributed by atoms with van der Waals surface area (Å²) in [5.74, 6) is 1.45. The van der Waals surface area contributed by atoms with E-state index in [1.807, 2.05) is 22.8 Å². The van der Waals surface area contributed by atoms with Crippen LogP contribution in [0, 0.1) is 0 Å². The molecule has 0 amide bonds. The van der Waals surface area contributed by atoms with Crippen molar-refractivity contribution in [2.75, 3.05) is 5.32 Å². The molecule has 0 bridgehead atoms. The molecule has 1 N–H and O–H groups in total. The summed E-state index contributed by atoms with van der Waals surface area (Å²) >= 11 is 6.26. The van der Waals surface area contributed by atoms with Gasteiger partial charge in [-0.15, -0.1) is 0 Å². The standard InChI is InChI=1S/C22H19ClN4/c23-20-12-21(27-22(26-20)19(14-25-27)18-10-11-18)24-13-15-6-8-17(9-7-15)16-4-2-1-3-5-16/h1-9,12,14,18,24H,10-11,13H2. The molecule has 1 aliphatic carbocycles. The summed E-state index contributed by atoms with van der Waals surface area (Å²) < 4.78 is 1.86. The Morgan fingerprint density at radius 1 is 1.00 bits per heavy atom. The van der Waals surface area contributed by atoms with Crippen molar-refractivity contribution in [2.45, 2.75) is 25.3 Å². The lowest BCUT2D eigenvalue weighted by atomic mass is 10.0. The van der Waals surface area contributed by atoms with E-state index in [-0.39, 0.29) is 0 Å². The van der Waals surface area contributed by atoms with Gasteiger partial charge in [0.2, 0.25) is 0 Å². The fourth-order valence-corrected chi connectivity index (χ4v) is 3.58. The second kappa shape index (κ2) is 6.71. The Balaban J connectivity index is 1.37. The third-order valence-electron chi connectivity index (χ3n) is 5.02. The highest BCUT2D eigenvalue weighted by molar-refractivity contribution is 6.29. The molecule has 4 aromatic rings. The molecule has 0 atom stereocenters. The van der Waals surface area contributed by atoms with Gasteiger partial charge in [-0.25, -0.2) is 4.98 Å². The Labute approximate surface area is 162 Å². The van der Waals surface area contributed by atoms with E-state index >= 15 is 0 Å². The van der Waals surface area contributed by atoms with Gasteiger partial charge in [0.25, 0.3) is 0 Å². The Hall–Kier alpha value is -2.85. The number of benzene rings is 2. The molecule has 1 aliphatic rings. The second-order valence-corrected chi connectivity index (χ2v) is 7.38. The summed E-state index contributed by atoms with van der Waals surface area (Å²) in [4.78, 5) is 4.48. The summed E-state index contributed by atoms with van der Waals surface area (Å²) in [7, 11) is 0. The Morgan fingerprint density at radius 3 is 2.48 bits per heavy atom. The fourth-order valence-electron chi connectivity index (χ4n) is 3.40. The van der Waals surface area contributed by atoms with Gasteiger partial charge in [-0.2, -0.15) is 9.61 Å². The first-order valence-corrected chi connectivity index (χ1v) is 9.58. The molecule has 0 unspecified atom stereocenters. The highest BCUT2D eigenvalue weighted by Crippen LogP contribution is 2.42. The molecule has 5 rings (SSSR count). The molecule has 2 heterocycles. The SMILES string of the molecule is Clc1cc(NCc2ccc(-c3ccccc3)cc2)n2ncc(C3CC3)c2n1. The predicted octanol–water partition coefficient (Wildman–Crippen LogP) is 5.54. The van der Waals surface area contributed by atoms with Crippen LogP contribution in [0.2, 0.25) is 5.15 Å². The predicted molar refractivity (Wildman–Crippen MR) is 109 cm³/mol. The third-order valence-corrected chi connectivity index (χ3v) is 5.21. The quantitative estimate of drug-likeness (QED) is 0.466. The van der Waals surface area contributed by atoms with E-state index in [4.69, 9.17) is 11.6 Å². The number of hydrogen-bond acceptors (Lipinski definition) is 3. The van der Waals surface area contributed by atoms with Gasteiger partial charge < -0.3 is 5.32 Å². The van der Waals surface area contributed by atoms with Crippen LogP contribution in [-0.2, 0) is 6.54 Å². The van der Waals surface area contributed by atoms with Gasteiger partial charge >= 0.3 is 0 Å². The molecule has 134 valence electrons. The topological polar surface area (TPSA) is 42.2 Å². The van der Waals surface area contributed by atoms with Crippen LogP contribution in [0.5, 0.6) is 0 Å². The smallest absolute Gasteiger partial charge is 0.162 e. The van der Waals surface area contributed by atoms with E-state index in [1.165, 1.54) is 35.1 Å². The fraction of sp³-hybridized carbons (Fsp3) is 0.182. The minimum atomic E-state index is 0.492. The van der Waals surface area contributed by atoms with Crippen LogP contribution in [-0.4, -0.2) is 14.6 Å². The molecular weight excluding hydrogens is 356 g/mol. The first kappa shape index (κ1) is 16.3. The van der Waals surface area contributed by atoms with E-state index in [1.54, 1.807) is 0 Å². The summed E-state index contributed by atoms with van der Waals surface area (Å²) in [6, 6.07) is 20.8. The number of nitrogens with one attached hydrogen (secondary N) is 1. The van der Waals surface area contributed by atoms with Crippen molar-refractivity contribution in [2.24, 2.45) is 0 Å². The van der Waals surface area contributed by atoms with Gasteiger partial charge in [0.05, 0.1) is 6.20 Å². The number of nitrogens with zero attached hydrogens (tertiary/aromatic N) is 3. The van der Waals surface area contributed by atoms with Gasteiger partial charge in [0.1, 0.15) is 11.0 Å². The van der Waals surface area contributed by atoms with Crippen molar-refractivity contribution in [3.8, 4) is 11.1 Å². The van der Waals surface area contributed by atoms with E-state index in [9.17, 15) is 0 Å². The largest absolute Gasteiger partial charge is 0.366 e. The van der Waals surface area contributed by atoms with Gasteiger partial charge in [-0.05, 0) is 35.4 Å². The van der Waals surface area contributed by atoms with Crippen molar-refractivity contribution in [3.63, 3.8) is 0 Å². The summed E-state index contributed by atoms with van der Waals surface area (Å²) in [6.07, 6.45) is 4.36.